The number of Topliss-reactive ketones (excluding diaryl/α,β-unsaturated/α-hetero) is 1. The molecule has 1 aromatic carbocycles. The van der Waals surface area contributed by atoms with Gasteiger partial charge in [-0.15, -0.1) is 11.3 Å². The van der Waals surface area contributed by atoms with Gasteiger partial charge in [-0.1, -0.05) is 13.0 Å². The van der Waals surface area contributed by atoms with E-state index in [4.69, 9.17) is 4.74 Å². The molecule has 1 amide bonds. The molecule has 7 heteroatoms. The summed E-state index contributed by atoms with van der Waals surface area (Å²) >= 11 is 3.24. The summed E-state index contributed by atoms with van der Waals surface area (Å²) < 4.78 is 6.02. The molecule has 0 radical (unpaired) electrons. The number of ether oxygens (including phenoxy) is 1. The van der Waals surface area contributed by atoms with Gasteiger partial charge in [0.2, 0.25) is 0 Å². The fourth-order valence-corrected chi connectivity index (χ4v) is 4.02. The van der Waals surface area contributed by atoms with Crippen molar-refractivity contribution < 1.29 is 19.1 Å². The maximum absolute atomic E-state index is 12.5. The van der Waals surface area contributed by atoms with Crippen molar-refractivity contribution in [3.63, 3.8) is 0 Å². The molecule has 0 aliphatic heterocycles. The molecule has 25 heavy (non-hydrogen) atoms. The van der Waals surface area contributed by atoms with E-state index in [9.17, 15) is 14.4 Å². The number of anilines is 1. The van der Waals surface area contributed by atoms with Gasteiger partial charge in [0.15, 0.2) is 5.78 Å². The minimum absolute atomic E-state index is 0.0668. The maximum Gasteiger partial charge on any atom is 0.341 e. The number of hydrogen-bond acceptors (Lipinski definition) is 5. The largest absolute Gasteiger partial charge is 0.462 e. The first kappa shape index (κ1) is 19.6. The van der Waals surface area contributed by atoms with E-state index in [-0.39, 0.29) is 23.9 Å². The third-order valence-corrected chi connectivity index (χ3v) is 5.43. The Morgan fingerprint density at radius 2 is 1.96 bits per heavy atom. The molecule has 2 aromatic rings. The highest BCUT2D eigenvalue weighted by Crippen LogP contribution is 2.35. The highest BCUT2D eigenvalue weighted by Gasteiger charge is 2.26. The molecule has 132 valence electrons. The van der Waals surface area contributed by atoms with Gasteiger partial charge in [-0.25, -0.2) is 4.79 Å². The lowest BCUT2D eigenvalue weighted by molar-refractivity contribution is 0.0527. The lowest BCUT2D eigenvalue weighted by Gasteiger charge is -2.07. The molecule has 0 atom stereocenters. The molecular formula is C18H18INO4S. The zero-order chi connectivity index (χ0) is 18.6. The number of carbonyl (C=O) groups excluding carboxylic acids is 3. The Bertz CT molecular complexity index is 828. The molecule has 0 saturated heterocycles. The van der Waals surface area contributed by atoms with E-state index >= 15 is 0 Å². The molecule has 0 spiro atoms. The van der Waals surface area contributed by atoms with Crippen molar-refractivity contribution in [1.82, 2.24) is 0 Å². The molecule has 0 unspecified atom stereocenters. The zero-order valence-corrected chi connectivity index (χ0v) is 17.1. The SMILES string of the molecule is CCOC(=O)c1c(NC(=O)c2cccc(I)c2)sc(C(=O)CC)c1C. The number of nitrogens with one attached hydrogen (secondary N) is 1. The van der Waals surface area contributed by atoms with Crippen molar-refractivity contribution in [3.05, 3.63) is 49.4 Å². The van der Waals surface area contributed by atoms with Gasteiger partial charge in [0.05, 0.1) is 17.0 Å². The first-order valence-electron chi connectivity index (χ1n) is 7.79. The molecule has 0 saturated carbocycles. The van der Waals surface area contributed by atoms with Crippen molar-refractivity contribution in [3.8, 4) is 0 Å². The third-order valence-electron chi connectivity index (χ3n) is 3.51. The average molecular weight is 471 g/mol. The van der Waals surface area contributed by atoms with Crippen LogP contribution in [-0.2, 0) is 4.74 Å². The number of rotatable bonds is 6. The number of carbonyl (C=O) groups is 3. The summed E-state index contributed by atoms with van der Waals surface area (Å²) in [6.07, 6.45) is 0.327. The van der Waals surface area contributed by atoms with E-state index in [1.54, 1.807) is 39.0 Å². The number of benzene rings is 1. The summed E-state index contributed by atoms with van der Waals surface area (Å²) in [5, 5.41) is 3.10. The van der Waals surface area contributed by atoms with Crippen LogP contribution in [0.25, 0.3) is 0 Å². The van der Waals surface area contributed by atoms with Gasteiger partial charge >= 0.3 is 5.97 Å². The minimum Gasteiger partial charge on any atom is -0.462 e. The molecule has 0 aliphatic rings. The molecule has 1 aromatic heterocycles. The molecule has 0 fully saturated rings. The summed E-state index contributed by atoms with van der Waals surface area (Å²) in [7, 11) is 0. The van der Waals surface area contributed by atoms with Crippen LogP contribution < -0.4 is 5.32 Å². The lowest BCUT2D eigenvalue weighted by atomic mass is 10.1. The maximum atomic E-state index is 12.5. The molecule has 0 aliphatic carbocycles. The van der Waals surface area contributed by atoms with E-state index in [1.165, 1.54) is 0 Å². The van der Waals surface area contributed by atoms with Gasteiger partial charge in [0.25, 0.3) is 5.91 Å². The number of esters is 1. The number of amides is 1. The highest BCUT2D eigenvalue weighted by atomic mass is 127. The van der Waals surface area contributed by atoms with Gasteiger partial charge in [-0.2, -0.15) is 0 Å². The van der Waals surface area contributed by atoms with Crippen molar-refractivity contribution in [2.45, 2.75) is 27.2 Å². The second kappa shape index (κ2) is 8.57. The fourth-order valence-electron chi connectivity index (χ4n) is 2.28. The number of halogens is 1. The van der Waals surface area contributed by atoms with E-state index < -0.39 is 5.97 Å². The van der Waals surface area contributed by atoms with Gasteiger partial charge in [-0.05, 0) is 60.2 Å². The molecule has 5 nitrogen and oxygen atoms in total. The van der Waals surface area contributed by atoms with Gasteiger partial charge < -0.3 is 10.1 Å². The van der Waals surface area contributed by atoms with Crippen LogP contribution in [0.2, 0.25) is 0 Å². The third kappa shape index (κ3) is 4.46. The highest BCUT2D eigenvalue weighted by molar-refractivity contribution is 14.1. The quantitative estimate of drug-likeness (QED) is 0.377. The molecule has 1 N–H and O–H groups in total. The molecule has 0 bridgehead atoms. The van der Waals surface area contributed by atoms with Crippen molar-refractivity contribution in [2.24, 2.45) is 0 Å². The smallest absolute Gasteiger partial charge is 0.341 e. The second-order valence-corrected chi connectivity index (χ2v) is 7.49. The van der Waals surface area contributed by atoms with Crippen LogP contribution in [0.1, 0.15) is 56.2 Å². The average Bonchev–Trinajstić information content (AvgIpc) is 2.90. The van der Waals surface area contributed by atoms with Crippen molar-refractivity contribution in [1.29, 1.82) is 0 Å². The van der Waals surface area contributed by atoms with E-state index in [2.05, 4.69) is 27.9 Å². The van der Waals surface area contributed by atoms with Gasteiger partial charge in [-0.3, -0.25) is 9.59 Å². The number of thiophene rings is 1. The van der Waals surface area contributed by atoms with Crippen molar-refractivity contribution >= 4 is 56.6 Å². The van der Waals surface area contributed by atoms with Crippen LogP contribution in [0.3, 0.4) is 0 Å². The lowest BCUT2D eigenvalue weighted by Crippen LogP contribution is -2.15. The summed E-state index contributed by atoms with van der Waals surface area (Å²) in [6.45, 7) is 5.39. The predicted octanol–water partition coefficient (Wildman–Crippen LogP) is 4.68. The van der Waals surface area contributed by atoms with Gasteiger partial charge in [0.1, 0.15) is 5.00 Å². The van der Waals surface area contributed by atoms with E-state index in [1.807, 2.05) is 6.07 Å². The summed E-state index contributed by atoms with van der Waals surface area (Å²) in [5.74, 6) is -0.937. The Hall–Kier alpha value is -1.74. The predicted molar refractivity (Wildman–Crippen MR) is 107 cm³/mol. The van der Waals surface area contributed by atoms with Crippen LogP contribution in [0.15, 0.2) is 24.3 Å². The Morgan fingerprint density at radius 3 is 2.56 bits per heavy atom. The summed E-state index contributed by atoms with van der Waals surface area (Å²) in [6, 6.07) is 7.11. The second-order valence-electron chi connectivity index (χ2n) is 5.22. The summed E-state index contributed by atoms with van der Waals surface area (Å²) in [5.41, 5.74) is 1.28. The van der Waals surface area contributed by atoms with E-state index in [0.29, 0.717) is 27.4 Å². The van der Waals surface area contributed by atoms with E-state index in [0.717, 1.165) is 14.9 Å². The van der Waals surface area contributed by atoms with Crippen LogP contribution >= 0.6 is 33.9 Å². The fraction of sp³-hybridized carbons (Fsp3) is 0.278. The Kier molecular flexibility index (Phi) is 6.71. The van der Waals surface area contributed by atoms with Crippen LogP contribution in [0.5, 0.6) is 0 Å². The molecule has 2 rings (SSSR count). The monoisotopic (exact) mass is 471 g/mol. The van der Waals surface area contributed by atoms with Crippen LogP contribution in [0.4, 0.5) is 5.00 Å². The molecular weight excluding hydrogens is 453 g/mol. The summed E-state index contributed by atoms with van der Waals surface area (Å²) in [4.78, 5) is 37.4. The number of hydrogen-bond donors (Lipinski definition) is 1. The standard InChI is InChI=1S/C18H18INO4S/c1-4-13(21)15-10(3)14(18(23)24-5-2)17(25-15)20-16(22)11-7-6-8-12(19)9-11/h6-9H,4-5H2,1-3H3,(H,20,22). The topological polar surface area (TPSA) is 72.5 Å². The van der Waals surface area contributed by atoms with Crippen LogP contribution in [-0.4, -0.2) is 24.3 Å². The Labute approximate surface area is 163 Å². The van der Waals surface area contributed by atoms with Crippen LogP contribution in [0, 0.1) is 10.5 Å². The number of ketones is 1. The first-order valence-corrected chi connectivity index (χ1v) is 9.69. The van der Waals surface area contributed by atoms with Gasteiger partial charge in [0, 0.05) is 15.6 Å². The normalized spacial score (nSPS) is 10.4. The first-order chi connectivity index (χ1) is 11.9. The Balaban J connectivity index is 2.43. The minimum atomic E-state index is -0.538. The van der Waals surface area contributed by atoms with Crippen molar-refractivity contribution in [2.75, 3.05) is 11.9 Å². The Morgan fingerprint density at radius 1 is 1.24 bits per heavy atom. The zero-order valence-electron chi connectivity index (χ0n) is 14.1. The molecule has 1 heterocycles.